The van der Waals surface area contributed by atoms with Crippen LogP contribution in [0.1, 0.15) is 38.0 Å². The van der Waals surface area contributed by atoms with Gasteiger partial charge in [0.2, 0.25) is 0 Å². The van der Waals surface area contributed by atoms with Crippen LogP contribution in [0.15, 0.2) is 41.3 Å². The van der Waals surface area contributed by atoms with E-state index in [1.165, 1.54) is 18.2 Å². The van der Waals surface area contributed by atoms with Crippen LogP contribution in [0.4, 0.5) is 13.2 Å². The molecule has 4 nitrogen and oxygen atoms in total. The Morgan fingerprint density at radius 3 is 2.75 bits per heavy atom. The second kappa shape index (κ2) is 7.87. The summed E-state index contributed by atoms with van der Waals surface area (Å²) in [6.07, 6.45) is 1.23. The Balaban J connectivity index is 1.42. The van der Waals surface area contributed by atoms with Gasteiger partial charge in [0.15, 0.2) is 17.2 Å². The number of aliphatic hydroxyl groups is 1. The van der Waals surface area contributed by atoms with Crippen molar-refractivity contribution < 1.29 is 27.9 Å². The first-order chi connectivity index (χ1) is 17.0. The Bertz CT molecular complexity index is 1170. The maximum absolute atomic E-state index is 17.4. The lowest BCUT2D eigenvalue weighted by molar-refractivity contribution is -0.211. The smallest absolute Gasteiger partial charge is 0.178 e. The van der Waals surface area contributed by atoms with Crippen molar-refractivity contribution in [3.05, 3.63) is 46.2 Å². The fourth-order valence-corrected chi connectivity index (χ4v) is 9.99. The van der Waals surface area contributed by atoms with Gasteiger partial charge in [0.05, 0.1) is 11.5 Å². The van der Waals surface area contributed by atoms with Gasteiger partial charge in [-0.3, -0.25) is 14.5 Å². The van der Waals surface area contributed by atoms with Crippen LogP contribution in [0, 0.1) is 34.0 Å². The molecule has 1 unspecified atom stereocenters. The summed E-state index contributed by atoms with van der Waals surface area (Å²) in [7, 11) is 0. The highest BCUT2D eigenvalue weighted by Gasteiger charge is 2.78. The maximum Gasteiger partial charge on any atom is 0.178 e. The topological polar surface area (TPSA) is 57.6 Å². The molecular weight excluding hydrogens is 487 g/mol. The van der Waals surface area contributed by atoms with Crippen LogP contribution in [0.2, 0.25) is 0 Å². The lowest BCUT2D eigenvalue weighted by atomic mass is 9.43. The van der Waals surface area contributed by atoms with Crippen LogP contribution in [0.3, 0.4) is 0 Å². The lowest BCUT2D eigenvalue weighted by Crippen LogP contribution is -2.69. The number of thiophene rings is 1. The number of carbonyl (C=O) groups is 2. The Morgan fingerprint density at radius 1 is 1.28 bits per heavy atom. The van der Waals surface area contributed by atoms with Gasteiger partial charge >= 0.3 is 0 Å². The number of Topliss-reactive ketones (excluding diaryl/α,β-unsaturated/α-hetero) is 1. The number of ketones is 2. The van der Waals surface area contributed by atoms with E-state index in [4.69, 9.17) is 0 Å². The lowest BCUT2D eigenvalue weighted by Gasteiger charge is -2.63. The molecule has 4 aliphatic carbocycles. The number of allylic oxidation sites excluding steroid dienone is 4. The van der Waals surface area contributed by atoms with Crippen molar-refractivity contribution in [2.24, 2.45) is 34.0 Å². The first-order valence-corrected chi connectivity index (χ1v) is 13.7. The molecule has 0 spiro atoms. The number of carbonyl (C=O) groups excluding carboxylic acids is 2. The first kappa shape index (κ1) is 24.6. The highest BCUT2D eigenvalue weighted by Crippen LogP contribution is 2.74. The number of aliphatic hydroxyl groups excluding tert-OH is 1. The number of halogens is 3. The Labute approximate surface area is 213 Å². The fourth-order valence-electron chi connectivity index (χ4n) is 9.24. The summed E-state index contributed by atoms with van der Waals surface area (Å²) in [5.41, 5.74) is -5.46. The zero-order chi connectivity index (χ0) is 25.7. The average molecular weight is 520 g/mol. The van der Waals surface area contributed by atoms with Gasteiger partial charge in [-0.1, -0.05) is 19.1 Å². The molecule has 9 atom stereocenters. The van der Waals surface area contributed by atoms with Gasteiger partial charge in [-0.25, -0.2) is 13.2 Å². The second-order valence-electron chi connectivity index (χ2n) is 12.1. The van der Waals surface area contributed by atoms with Gasteiger partial charge < -0.3 is 5.11 Å². The normalized spacial score (nSPS) is 47.7. The number of nitrogens with zero attached hydrogens (tertiary/aromatic N) is 1. The van der Waals surface area contributed by atoms with Crippen molar-refractivity contribution in [1.29, 1.82) is 0 Å². The largest absolute Gasteiger partial charge is 0.390 e. The number of rotatable bonds is 4. The third kappa shape index (κ3) is 2.84. The van der Waals surface area contributed by atoms with Crippen molar-refractivity contribution >= 4 is 22.9 Å². The van der Waals surface area contributed by atoms with E-state index in [0.717, 1.165) is 4.88 Å². The number of alkyl halides is 3. The molecule has 8 heteroatoms. The molecule has 3 saturated carbocycles. The van der Waals surface area contributed by atoms with Crippen molar-refractivity contribution in [3.8, 4) is 0 Å². The Kier molecular flexibility index (Phi) is 5.37. The minimum Gasteiger partial charge on any atom is -0.390 e. The summed E-state index contributed by atoms with van der Waals surface area (Å²) in [6.45, 7) is 3.99. The van der Waals surface area contributed by atoms with Crippen molar-refractivity contribution in [2.75, 3.05) is 19.8 Å². The zero-order valence-corrected chi connectivity index (χ0v) is 21.4. The summed E-state index contributed by atoms with van der Waals surface area (Å²) in [4.78, 5) is 28.8. The molecule has 0 bridgehead atoms. The fraction of sp³-hybridized carbons (Fsp3) is 0.643. The van der Waals surface area contributed by atoms with E-state index in [0.29, 0.717) is 26.1 Å². The Hall–Kier alpha value is -1.77. The third-order valence-corrected chi connectivity index (χ3v) is 11.7. The molecule has 0 aromatic carbocycles. The van der Waals surface area contributed by atoms with Crippen LogP contribution in [-0.4, -0.2) is 59.3 Å². The molecule has 1 aromatic rings. The van der Waals surface area contributed by atoms with E-state index >= 15 is 8.78 Å². The number of hydrogen-bond donors (Lipinski definition) is 1. The van der Waals surface area contributed by atoms with Crippen LogP contribution in [0.25, 0.3) is 0 Å². The third-order valence-electron chi connectivity index (χ3n) is 10.8. The molecule has 0 radical (unpaired) electrons. The van der Waals surface area contributed by atoms with E-state index in [9.17, 15) is 19.1 Å². The SMILES string of the molecule is C[C@]12C=CC(=O)C=C1[C@@H](F)CC1[C@@H]3C[C@H]4CN(Cc5cccs5)C[C@@]4(C(=O)CF)[C@@]3(C)C[C@H](O)[C@@]12F. The molecule has 194 valence electrons. The van der Waals surface area contributed by atoms with Crippen LogP contribution in [0.5, 0.6) is 0 Å². The summed E-state index contributed by atoms with van der Waals surface area (Å²) in [6, 6.07) is 4.01. The van der Waals surface area contributed by atoms with Crippen molar-refractivity contribution in [3.63, 3.8) is 0 Å². The number of hydrogen-bond acceptors (Lipinski definition) is 5. The van der Waals surface area contributed by atoms with Gasteiger partial charge in [-0.2, -0.15) is 0 Å². The van der Waals surface area contributed by atoms with E-state index in [2.05, 4.69) is 4.90 Å². The zero-order valence-electron chi connectivity index (χ0n) is 20.6. The molecule has 1 N–H and O–H groups in total. The highest BCUT2D eigenvalue weighted by atomic mass is 32.1. The summed E-state index contributed by atoms with van der Waals surface area (Å²) < 4.78 is 47.2. The van der Waals surface area contributed by atoms with Gasteiger partial charge in [-0.15, -0.1) is 11.3 Å². The average Bonchev–Trinajstić information content (AvgIpc) is 3.53. The van der Waals surface area contributed by atoms with Gasteiger partial charge in [0, 0.05) is 35.8 Å². The molecule has 2 heterocycles. The molecule has 1 saturated heterocycles. The van der Waals surface area contributed by atoms with E-state index in [1.807, 2.05) is 24.4 Å². The highest BCUT2D eigenvalue weighted by molar-refractivity contribution is 7.09. The number of fused-ring (bicyclic) bond motifs is 7. The molecule has 4 fully saturated rings. The minimum absolute atomic E-state index is 0.00135. The molecule has 1 aromatic heterocycles. The van der Waals surface area contributed by atoms with Gasteiger partial charge in [-0.05, 0) is 72.6 Å². The van der Waals surface area contributed by atoms with Crippen LogP contribution < -0.4 is 0 Å². The number of likely N-dealkylation sites (tertiary alicyclic amines) is 1. The van der Waals surface area contributed by atoms with Gasteiger partial charge in [0.1, 0.15) is 12.8 Å². The summed E-state index contributed by atoms with van der Waals surface area (Å²) >= 11 is 1.63. The van der Waals surface area contributed by atoms with Crippen LogP contribution in [-0.2, 0) is 16.1 Å². The van der Waals surface area contributed by atoms with Crippen LogP contribution >= 0.6 is 11.3 Å². The molecule has 1 aliphatic heterocycles. The maximum atomic E-state index is 17.4. The summed E-state index contributed by atoms with van der Waals surface area (Å²) in [5, 5.41) is 13.5. The molecule has 5 aliphatic rings. The van der Waals surface area contributed by atoms with Crippen molar-refractivity contribution in [1.82, 2.24) is 4.90 Å². The quantitative estimate of drug-likeness (QED) is 0.630. The molecule has 6 rings (SSSR count). The molecule has 0 amide bonds. The Morgan fingerprint density at radius 2 is 2.06 bits per heavy atom. The van der Waals surface area contributed by atoms with Gasteiger partial charge in [0.25, 0.3) is 0 Å². The van der Waals surface area contributed by atoms with E-state index in [-0.39, 0.29) is 36.0 Å². The minimum atomic E-state index is -2.18. The van der Waals surface area contributed by atoms with E-state index in [1.54, 1.807) is 18.3 Å². The van der Waals surface area contributed by atoms with Crippen molar-refractivity contribution in [2.45, 2.75) is 57.6 Å². The molecular formula is C28H32F3NO3S. The monoisotopic (exact) mass is 519 g/mol. The standard InChI is InChI=1S/C28H32F3NO3S/c1-25-6-5-17(33)9-21(25)22(30)10-20-19-8-16-13-32(14-18-4-3-7-36-18)15-27(16,24(35)12-29)26(19,2)11-23(34)28(20,25)31/h3-7,9,16,19-20,22-23,34H,8,10-15H2,1-2H3/t16-,19-,20?,22-,23-,25-,26-,27+,28-/m0/s1. The predicted molar refractivity (Wildman–Crippen MR) is 131 cm³/mol. The summed E-state index contributed by atoms with van der Waals surface area (Å²) in [5.74, 6) is -2.26. The predicted octanol–water partition coefficient (Wildman–Crippen LogP) is 4.63. The molecule has 36 heavy (non-hydrogen) atoms. The second-order valence-corrected chi connectivity index (χ2v) is 13.1. The van der Waals surface area contributed by atoms with E-state index < -0.39 is 52.6 Å². The first-order valence-electron chi connectivity index (χ1n) is 12.8.